The number of aliphatic imine (C=N–C) groups is 1. The van der Waals surface area contributed by atoms with Crippen LogP contribution in [0, 0.1) is 10.1 Å². The third kappa shape index (κ3) is 5.47. The van der Waals surface area contributed by atoms with Crippen molar-refractivity contribution in [1.82, 2.24) is 10.3 Å². The highest BCUT2D eigenvalue weighted by Gasteiger charge is 2.35. The van der Waals surface area contributed by atoms with Crippen LogP contribution in [0.25, 0.3) is 0 Å². The van der Waals surface area contributed by atoms with E-state index in [4.69, 9.17) is 19.5 Å². The zero-order chi connectivity index (χ0) is 27.2. The van der Waals surface area contributed by atoms with Gasteiger partial charge in [0.25, 0.3) is 5.69 Å². The summed E-state index contributed by atoms with van der Waals surface area (Å²) in [7, 11) is 0. The molecule has 196 valence electrons. The van der Waals surface area contributed by atoms with Crippen LogP contribution in [-0.2, 0) is 19.1 Å². The predicted octanol–water partition coefficient (Wildman–Crippen LogP) is 4.67. The Bertz CT molecular complexity index is 1420. The summed E-state index contributed by atoms with van der Waals surface area (Å²) in [6.07, 6.45) is 0. The van der Waals surface area contributed by atoms with E-state index in [1.165, 1.54) is 17.4 Å². The lowest BCUT2D eigenvalue weighted by Gasteiger charge is -2.25. The summed E-state index contributed by atoms with van der Waals surface area (Å²) < 4.78 is 10.6. The molecule has 0 radical (unpaired) electrons. The van der Waals surface area contributed by atoms with Gasteiger partial charge in [-0.3, -0.25) is 19.9 Å². The van der Waals surface area contributed by atoms with E-state index in [1.807, 2.05) is 30.3 Å². The highest BCUT2D eigenvalue weighted by molar-refractivity contribution is 7.11. The molecule has 1 aliphatic heterocycles. The zero-order valence-electron chi connectivity index (χ0n) is 21.0. The second-order valence-corrected chi connectivity index (χ2v) is 9.11. The van der Waals surface area contributed by atoms with Gasteiger partial charge in [0.05, 0.1) is 35.0 Å². The summed E-state index contributed by atoms with van der Waals surface area (Å²) in [6, 6.07) is 14.4. The number of nitro groups is 1. The Morgan fingerprint density at radius 2 is 1.76 bits per heavy atom. The van der Waals surface area contributed by atoms with Crippen molar-refractivity contribution < 1.29 is 24.0 Å². The van der Waals surface area contributed by atoms with Gasteiger partial charge >= 0.3 is 11.9 Å². The number of allylic oxidation sites excluding steroid dienone is 1. The molecule has 0 saturated heterocycles. The third-order valence-electron chi connectivity index (χ3n) is 5.84. The van der Waals surface area contributed by atoms with Gasteiger partial charge in [-0.05, 0) is 32.4 Å². The molecular weight excluding hydrogens is 508 g/mol. The number of rotatable bonds is 9. The minimum Gasteiger partial charge on any atom is -0.465 e. The first-order valence-electron chi connectivity index (χ1n) is 12.0. The number of esters is 2. The van der Waals surface area contributed by atoms with Gasteiger partial charge in [0.15, 0.2) is 10.8 Å². The summed E-state index contributed by atoms with van der Waals surface area (Å²) in [4.78, 5) is 46.4. The molecule has 1 aromatic heterocycles. The second-order valence-electron chi connectivity index (χ2n) is 8.25. The standard InChI is InChI=1S/C27H26N4O6S/c1-4-36-26(32)21-16(3)28-24(30-23(21)18-13-9-10-14-20(18)31(34)35)25-29-19(15-38-25)22(27(33)37-5-2)17-11-7-6-8-12-17/h6-15,22-23H,4-5H2,1-3H3,(H,28,30). The molecule has 3 aromatic rings. The van der Waals surface area contributed by atoms with Crippen LogP contribution in [0.15, 0.2) is 76.2 Å². The van der Waals surface area contributed by atoms with E-state index < -0.39 is 28.8 Å². The summed E-state index contributed by atoms with van der Waals surface area (Å²) >= 11 is 1.26. The smallest absolute Gasteiger partial charge is 0.338 e. The largest absolute Gasteiger partial charge is 0.465 e. The molecular formula is C27H26N4O6S. The number of thiazole rings is 1. The maximum atomic E-state index is 12.9. The number of nitrogens with one attached hydrogen (secondary N) is 1. The average Bonchev–Trinajstić information content (AvgIpc) is 3.39. The number of ether oxygens (including phenoxy) is 2. The molecule has 2 heterocycles. The van der Waals surface area contributed by atoms with Crippen molar-refractivity contribution in [2.75, 3.05) is 13.2 Å². The van der Waals surface area contributed by atoms with Gasteiger partial charge < -0.3 is 14.8 Å². The van der Waals surface area contributed by atoms with Gasteiger partial charge in [0, 0.05) is 17.1 Å². The number of carbonyl (C=O) groups is 2. The molecule has 0 amide bonds. The van der Waals surface area contributed by atoms with E-state index in [0.717, 1.165) is 5.56 Å². The first-order valence-corrected chi connectivity index (χ1v) is 12.9. The molecule has 0 aliphatic carbocycles. The Hall–Kier alpha value is -4.38. The molecule has 1 aliphatic rings. The summed E-state index contributed by atoms with van der Waals surface area (Å²) in [5, 5.41) is 17.1. The SMILES string of the molecule is CCOC(=O)C1=C(C)NC(c2nc(C(C(=O)OCC)c3ccccc3)cs2)=NC1c1ccccc1[N+](=O)[O-]. The Labute approximate surface area is 223 Å². The quantitative estimate of drug-likeness (QED) is 0.238. The number of hydrogen-bond acceptors (Lipinski definition) is 10. The van der Waals surface area contributed by atoms with E-state index in [0.29, 0.717) is 22.2 Å². The number of nitrogens with zero attached hydrogens (tertiary/aromatic N) is 3. The van der Waals surface area contributed by atoms with Crippen molar-refractivity contribution in [1.29, 1.82) is 0 Å². The second kappa shape index (κ2) is 11.8. The Balaban J connectivity index is 1.79. The van der Waals surface area contributed by atoms with Crippen LogP contribution < -0.4 is 5.32 Å². The summed E-state index contributed by atoms with van der Waals surface area (Å²) in [5.41, 5.74) is 1.93. The van der Waals surface area contributed by atoms with Crippen molar-refractivity contribution in [2.45, 2.75) is 32.7 Å². The number of para-hydroxylation sites is 1. The lowest BCUT2D eigenvalue weighted by Crippen LogP contribution is -2.33. The number of nitro benzene ring substituents is 1. The predicted molar refractivity (Wildman–Crippen MR) is 142 cm³/mol. The zero-order valence-corrected chi connectivity index (χ0v) is 21.9. The van der Waals surface area contributed by atoms with Gasteiger partial charge in [-0.1, -0.05) is 42.5 Å². The summed E-state index contributed by atoms with van der Waals surface area (Å²) in [6.45, 7) is 5.48. The molecule has 0 bridgehead atoms. The molecule has 2 unspecified atom stereocenters. The number of amidine groups is 1. The highest BCUT2D eigenvalue weighted by atomic mass is 32.1. The number of benzene rings is 2. The van der Waals surface area contributed by atoms with Crippen molar-refractivity contribution in [3.63, 3.8) is 0 Å². The fourth-order valence-corrected chi connectivity index (χ4v) is 4.99. The van der Waals surface area contributed by atoms with Crippen molar-refractivity contribution >= 4 is 34.8 Å². The minimum absolute atomic E-state index is 0.139. The fraction of sp³-hybridized carbons (Fsp3) is 0.259. The van der Waals surface area contributed by atoms with Crippen molar-refractivity contribution in [2.24, 2.45) is 4.99 Å². The van der Waals surface area contributed by atoms with Gasteiger partial charge in [-0.2, -0.15) is 0 Å². The molecule has 11 heteroatoms. The average molecular weight is 535 g/mol. The van der Waals surface area contributed by atoms with Crippen LogP contribution in [0.4, 0.5) is 5.69 Å². The number of hydrogen-bond donors (Lipinski definition) is 1. The lowest BCUT2D eigenvalue weighted by molar-refractivity contribution is -0.385. The molecule has 4 rings (SSSR count). The van der Waals surface area contributed by atoms with Gasteiger partial charge in [-0.15, -0.1) is 11.3 Å². The molecule has 38 heavy (non-hydrogen) atoms. The highest BCUT2D eigenvalue weighted by Crippen LogP contribution is 2.37. The number of carbonyl (C=O) groups excluding carboxylic acids is 2. The van der Waals surface area contributed by atoms with E-state index in [-0.39, 0.29) is 30.0 Å². The van der Waals surface area contributed by atoms with E-state index >= 15 is 0 Å². The van der Waals surface area contributed by atoms with Crippen LogP contribution in [0.3, 0.4) is 0 Å². The fourth-order valence-electron chi connectivity index (χ4n) is 4.19. The van der Waals surface area contributed by atoms with E-state index in [1.54, 1.807) is 44.4 Å². The first-order chi connectivity index (χ1) is 18.3. The normalized spacial score (nSPS) is 15.8. The van der Waals surface area contributed by atoms with Gasteiger partial charge in [0.1, 0.15) is 12.0 Å². The molecule has 2 atom stereocenters. The molecule has 1 N–H and O–H groups in total. The van der Waals surface area contributed by atoms with Crippen LogP contribution in [0.2, 0.25) is 0 Å². The maximum Gasteiger partial charge on any atom is 0.338 e. The van der Waals surface area contributed by atoms with Crippen molar-refractivity contribution in [3.05, 3.63) is 103 Å². The number of aromatic nitrogens is 1. The lowest BCUT2D eigenvalue weighted by atomic mass is 9.94. The monoisotopic (exact) mass is 534 g/mol. The van der Waals surface area contributed by atoms with Gasteiger partial charge in [-0.25, -0.2) is 9.78 Å². The molecule has 0 saturated carbocycles. The van der Waals surface area contributed by atoms with E-state index in [9.17, 15) is 19.7 Å². The minimum atomic E-state index is -0.991. The van der Waals surface area contributed by atoms with Gasteiger partial charge in [0.2, 0.25) is 0 Å². The third-order valence-corrected chi connectivity index (χ3v) is 6.71. The Kier molecular flexibility index (Phi) is 8.27. The topological polar surface area (TPSA) is 133 Å². The van der Waals surface area contributed by atoms with Crippen LogP contribution in [0.5, 0.6) is 0 Å². The van der Waals surface area contributed by atoms with Crippen LogP contribution >= 0.6 is 11.3 Å². The van der Waals surface area contributed by atoms with Crippen molar-refractivity contribution in [3.8, 4) is 0 Å². The summed E-state index contributed by atoms with van der Waals surface area (Å²) in [5.74, 6) is -1.45. The molecule has 0 spiro atoms. The first kappa shape index (κ1) is 26.7. The molecule has 2 aromatic carbocycles. The van der Waals surface area contributed by atoms with Crippen LogP contribution in [-0.4, -0.2) is 40.9 Å². The maximum absolute atomic E-state index is 12.9. The molecule has 0 fully saturated rings. The van der Waals surface area contributed by atoms with E-state index in [2.05, 4.69) is 5.32 Å². The Morgan fingerprint density at radius 1 is 1.08 bits per heavy atom. The Morgan fingerprint density at radius 3 is 2.45 bits per heavy atom. The molecule has 10 nitrogen and oxygen atoms in total. The van der Waals surface area contributed by atoms with Crippen LogP contribution in [0.1, 0.15) is 54.6 Å².